The van der Waals surface area contributed by atoms with E-state index in [0.29, 0.717) is 18.7 Å². The van der Waals surface area contributed by atoms with Crippen molar-refractivity contribution in [2.45, 2.75) is 37.2 Å². The summed E-state index contributed by atoms with van der Waals surface area (Å²) in [5, 5.41) is 2.63. The highest BCUT2D eigenvalue weighted by Gasteiger charge is 2.26. The van der Waals surface area contributed by atoms with Crippen LogP contribution in [0.1, 0.15) is 24.8 Å². The molecule has 7 nitrogen and oxygen atoms in total. The average molecular weight is 407 g/mol. The van der Waals surface area contributed by atoms with Gasteiger partial charge in [0.1, 0.15) is 12.4 Å². The number of piperidine rings is 1. The van der Waals surface area contributed by atoms with Gasteiger partial charge >= 0.3 is 0 Å². The van der Waals surface area contributed by atoms with Crippen LogP contribution < -0.4 is 10.9 Å². The van der Waals surface area contributed by atoms with E-state index in [4.69, 9.17) is 0 Å². The predicted octanol–water partition coefficient (Wildman–Crippen LogP) is 1.48. The fraction of sp³-hybridized carbons (Fsp3) is 0.368. The molecule has 9 heteroatoms. The molecule has 0 saturated carbocycles. The zero-order valence-corrected chi connectivity index (χ0v) is 16.1. The van der Waals surface area contributed by atoms with Gasteiger partial charge < -0.3 is 9.88 Å². The molecule has 1 N–H and O–H groups in total. The second-order valence-electron chi connectivity index (χ2n) is 6.70. The predicted molar refractivity (Wildman–Crippen MR) is 102 cm³/mol. The molecule has 0 radical (unpaired) electrons. The first-order chi connectivity index (χ1) is 13.4. The largest absolute Gasteiger partial charge is 0.350 e. The van der Waals surface area contributed by atoms with E-state index in [9.17, 15) is 22.4 Å². The van der Waals surface area contributed by atoms with Crippen molar-refractivity contribution in [3.05, 3.63) is 64.3 Å². The van der Waals surface area contributed by atoms with Crippen molar-refractivity contribution in [2.24, 2.45) is 0 Å². The summed E-state index contributed by atoms with van der Waals surface area (Å²) in [6.07, 6.45) is 3.83. The lowest BCUT2D eigenvalue weighted by Gasteiger charge is -2.26. The first-order valence-corrected chi connectivity index (χ1v) is 10.5. The number of hydrogen-bond acceptors (Lipinski definition) is 4. The highest BCUT2D eigenvalue weighted by molar-refractivity contribution is 7.89. The molecule has 150 valence electrons. The van der Waals surface area contributed by atoms with Gasteiger partial charge in [-0.1, -0.05) is 18.6 Å². The molecule has 0 aliphatic carbocycles. The van der Waals surface area contributed by atoms with E-state index in [-0.39, 0.29) is 23.8 Å². The quantitative estimate of drug-likeness (QED) is 0.786. The third kappa shape index (κ3) is 4.85. The monoisotopic (exact) mass is 407 g/mol. The van der Waals surface area contributed by atoms with Crippen LogP contribution in [0.15, 0.2) is 52.3 Å². The van der Waals surface area contributed by atoms with Crippen molar-refractivity contribution >= 4 is 15.9 Å². The lowest BCUT2D eigenvalue weighted by Crippen LogP contribution is -2.37. The van der Waals surface area contributed by atoms with E-state index in [1.54, 1.807) is 12.1 Å². The Morgan fingerprint density at radius 3 is 2.39 bits per heavy atom. The molecule has 0 atom stereocenters. The summed E-state index contributed by atoms with van der Waals surface area (Å²) in [6, 6.07) is 8.12. The first-order valence-electron chi connectivity index (χ1n) is 9.08. The van der Waals surface area contributed by atoms with Crippen LogP contribution in [0.25, 0.3) is 0 Å². The Balaban J connectivity index is 1.69. The van der Waals surface area contributed by atoms with Crippen molar-refractivity contribution in [3.63, 3.8) is 0 Å². The molecule has 1 aliphatic rings. The molecule has 3 rings (SSSR count). The number of carbonyl (C=O) groups excluding carboxylic acids is 1. The molecule has 0 spiro atoms. The number of nitrogens with zero attached hydrogens (tertiary/aromatic N) is 2. The summed E-state index contributed by atoms with van der Waals surface area (Å²) >= 11 is 0. The molecular formula is C19H22FN3O4S. The zero-order valence-electron chi connectivity index (χ0n) is 15.3. The number of sulfonamides is 1. The van der Waals surface area contributed by atoms with Crippen molar-refractivity contribution in [1.29, 1.82) is 0 Å². The summed E-state index contributed by atoms with van der Waals surface area (Å²) in [5.41, 5.74) is 0.248. The maximum atomic E-state index is 12.9. The summed E-state index contributed by atoms with van der Waals surface area (Å²) in [7, 11) is -3.69. The molecule has 2 heterocycles. The Bertz CT molecular complexity index is 997. The number of amides is 1. The van der Waals surface area contributed by atoms with Gasteiger partial charge in [0, 0.05) is 31.9 Å². The fourth-order valence-electron chi connectivity index (χ4n) is 3.05. The second-order valence-corrected chi connectivity index (χ2v) is 8.64. The van der Waals surface area contributed by atoms with Crippen LogP contribution in [0.4, 0.5) is 4.39 Å². The van der Waals surface area contributed by atoms with Crippen molar-refractivity contribution in [3.8, 4) is 0 Å². The van der Waals surface area contributed by atoms with Gasteiger partial charge in [-0.05, 0) is 36.6 Å². The third-order valence-electron chi connectivity index (χ3n) is 4.63. The van der Waals surface area contributed by atoms with Gasteiger partial charge in [0.2, 0.25) is 15.9 Å². The molecule has 1 aromatic heterocycles. The number of halogens is 1. The normalized spacial score (nSPS) is 15.3. The minimum Gasteiger partial charge on any atom is -0.350 e. The molecule has 1 saturated heterocycles. The van der Waals surface area contributed by atoms with Crippen molar-refractivity contribution < 1.29 is 17.6 Å². The molecule has 0 bridgehead atoms. The first kappa shape index (κ1) is 20.2. The molecule has 1 fully saturated rings. The Morgan fingerprint density at radius 2 is 1.71 bits per heavy atom. The van der Waals surface area contributed by atoms with Gasteiger partial charge in [-0.3, -0.25) is 9.59 Å². The van der Waals surface area contributed by atoms with Gasteiger partial charge in [0.15, 0.2) is 0 Å². The molecular weight excluding hydrogens is 385 g/mol. The molecule has 1 amide bonds. The standard InChI is InChI=1S/C19H22FN3O4S/c20-16-6-4-15(5-7-16)12-21-18(24)14-22-13-17(8-9-19(22)25)28(26,27)23-10-2-1-3-11-23/h4-9,13H,1-3,10-12,14H2,(H,21,24). The minimum absolute atomic E-state index is 0.000310. The topological polar surface area (TPSA) is 88.5 Å². The Labute approximate surface area is 162 Å². The van der Waals surface area contributed by atoms with E-state index >= 15 is 0 Å². The van der Waals surface area contributed by atoms with Gasteiger partial charge in [-0.25, -0.2) is 12.8 Å². The third-order valence-corrected chi connectivity index (χ3v) is 6.51. The van der Waals surface area contributed by atoms with E-state index in [0.717, 1.165) is 29.9 Å². The Morgan fingerprint density at radius 1 is 1.04 bits per heavy atom. The van der Waals surface area contributed by atoms with Crippen LogP contribution in [0, 0.1) is 5.82 Å². The number of rotatable bonds is 6. The van der Waals surface area contributed by atoms with Gasteiger partial charge in [0.25, 0.3) is 5.56 Å². The number of aromatic nitrogens is 1. The molecule has 0 unspecified atom stereocenters. The average Bonchev–Trinajstić information content (AvgIpc) is 2.70. The highest BCUT2D eigenvalue weighted by Crippen LogP contribution is 2.19. The lowest BCUT2D eigenvalue weighted by atomic mass is 10.2. The highest BCUT2D eigenvalue weighted by atomic mass is 32.2. The van der Waals surface area contributed by atoms with Crippen LogP contribution in [0.2, 0.25) is 0 Å². The van der Waals surface area contributed by atoms with Crippen LogP contribution in [0.5, 0.6) is 0 Å². The number of benzene rings is 1. The minimum atomic E-state index is -3.69. The lowest BCUT2D eigenvalue weighted by molar-refractivity contribution is -0.121. The number of carbonyl (C=O) groups is 1. The number of hydrogen-bond donors (Lipinski definition) is 1. The van der Waals surface area contributed by atoms with E-state index in [2.05, 4.69) is 5.32 Å². The molecule has 28 heavy (non-hydrogen) atoms. The van der Waals surface area contributed by atoms with Crippen molar-refractivity contribution in [1.82, 2.24) is 14.2 Å². The summed E-state index contributed by atoms with van der Waals surface area (Å²) in [5.74, 6) is -0.813. The van der Waals surface area contributed by atoms with Gasteiger partial charge in [-0.2, -0.15) is 4.31 Å². The van der Waals surface area contributed by atoms with E-state index in [1.165, 1.54) is 28.7 Å². The number of nitrogens with one attached hydrogen (secondary N) is 1. The smallest absolute Gasteiger partial charge is 0.251 e. The van der Waals surface area contributed by atoms with Crippen LogP contribution in [-0.2, 0) is 27.9 Å². The molecule has 1 aromatic carbocycles. The Kier molecular flexibility index (Phi) is 6.25. The maximum absolute atomic E-state index is 12.9. The van der Waals surface area contributed by atoms with E-state index < -0.39 is 21.5 Å². The number of pyridine rings is 1. The van der Waals surface area contributed by atoms with Crippen LogP contribution in [0.3, 0.4) is 0 Å². The van der Waals surface area contributed by atoms with E-state index in [1.807, 2.05) is 0 Å². The summed E-state index contributed by atoms with van der Waals surface area (Å²) in [4.78, 5) is 24.2. The SMILES string of the molecule is O=C(Cn1cc(S(=O)(=O)N2CCCCC2)ccc1=O)NCc1ccc(F)cc1. The van der Waals surface area contributed by atoms with Gasteiger partial charge in [0.05, 0.1) is 4.90 Å². The Hall–Kier alpha value is -2.52. The van der Waals surface area contributed by atoms with Crippen LogP contribution in [-0.4, -0.2) is 36.3 Å². The maximum Gasteiger partial charge on any atom is 0.251 e. The fourth-order valence-corrected chi connectivity index (χ4v) is 4.59. The summed E-state index contributed by atoms with van der Waals surface area (Å²) in [6.45, 7) is 0.794. The summed E-state index contributed by atoms with van der Waals surface area (Å²) < 4.78 is 40.9. The second kappa shape index (κ2) is 8.66. The zero-order chi connectivity index (χ0) is 20.1. The van der Waals surface area contributed by atoms with Crippen molar-refractivity contribution in [2.75, 3.05) is 13.1 Å². The van der Waals surface area contributed by atoms with Crippen LogP contribution >= 0.6 is 0 Å². The molecule has 2 aromatic rings. The molecule has 1 aliphatic heterocycles. The van der Waals surface area contributed by atoms with Gasteiger partial charge in [-0.15, -0.1) is 0 Å².